The van der Waals surface area contributed by atoms with Crippen molar-refractivity contribution < 1.29 is 4.39 Å². The van der Waals surface area contributed by atoms with Crippen molar-refractivity contribution in [3.05, 3.63) is 58.7 Å². The first-order valence-corrected chi connectivity index (χ1v) is 8.05. The SMILES string of the molecule is Cc1[nH]c2c(N3CCc4cc(F)ccc4C3C)nccc2c1C.Cl. The molecule has 24 heavy (non-hydrogen) atoms. The second-order valence-electron chi connectivity index (χ2n) is 6.39. The number of aromatic nitrogens is 2. The molecule has 1 aliphatic heterocycles. The molecule has 2 aromatic heterocycles. The lowest BCUT2D eigenvalue weighted by molar-refractivity contribution is 0.595. The molecule has 1 N–H and O–H groups in total. The van der Waals surface area contributed by atoms with Gasteiger partial charge >= 0.3 is 0 Å². The molecule has 1 aliphatic rings. The Morgan fingerprint density at radius 3 is 2.83 bits per heavy atom. The smallest absolute Gasteiger partial charge is 0.153 e. The number of aromatic amines is 1. The van der Waals surface area contributed by atoms with E-state index in [0.717, 1.165) is 29.9 Å². The van der Waals surface area contributed by atoms with Crippen molar-refractivity contribution in [1.82, 2.24) is 9.97 Å². The number of halogens is 2. The van der Waals surface area contributed by atoms with Crippen LogP contribution in [0.2, 0.25) is 0 Å². The maximum absolute atomic E-state index is 13.5. The van der Waals surface area contributed by atoms with E-state index >= 15 is 0 Å². The number of fused-ring (bicyclic) bond motifs is 2. The van der Waals surface area contributed by atoms with Gasteiger partial charge in [0.1, 0.15) is 5.82 Å². The van der Waals surface area contributed by atoms with Crippen molar-refractivity contribution in [1.29, 1.82) is 0 Å². The molecule has 5 heteroatoms. The van der Waals surface area contributed by atoms with Gasteiger partial charge in [-0.05, 0) is 62.1 Å². The Labute approximate surface area is 147 Å². The number of anilines is 1. The van der Waals surface area contributed by atoms with Crippen LogP contribution in [0.5, 0.6) is 0 Å². The van der Waals surface area contributed by atoms with E-state index in [1.54, 1.807) is 12.1 Å². The Morgan fingerprint density at radius 2 is 2.04 bits per heavy atom. The minimum Gasteiger partial charge on any atom is -0.355 e. The Bertz CT molecular complexity index is 903. The van der Waals surface area contributed by atoms with Crippen LogP contribution >= 0.6 is 12.4 Å². The van der Waals surface area contributed by atoms with Gasteiger partial charge in [0.15, 0.2) is 5.82 Å². The molecule has 4 rings (SSSR count). The summed E-state index contributed by atoms with van der Waals surface area (Å²) in [6.07, 6.45) is 2.72. The molecule has 3 nitrogen and oxygen atoms in total. The number of rotatable bonds is 1. The number of hydrogen-bond acceptors (Lipinski definition) is 2. The highest BCUT2D eigenvalue weighted by Crippen LogP contribution is 2.36. The van der Waals surface area contributed by atoms with E-state index < -0.39 is 0 Å². The number of aryl methyl sites for hydroxylation is 2. The molecule has 1 atom stereocenters. The zero-order valence-corrected chi connectivity index (χ0v) is 14.9. The summed E-state index contributed by atoms with van der Waals surface area (Å²) in [6, 6.07) is 7.37. The molecule has 3 aromatic rings. The van der Waals surface area contributed by atoms with Gasteiger partial charge in [0.2, 0.25) is 0 Å². The van der Waals surface area contributed by atoms with Gasteiger partial charge in [-0.25, -0.2) is 9.37 Å². The van der Waals surface area contributed by atoms with Crippen LogP contribution in [0.15, 0.2) is 30.5 Å². The first-order valence-electron chi connectivity index (χ1n) is 8.05. The Morgan fingerprint density at radius 1 is 1.25 bits per heavy atom. The van der Waals surface area contributed by atoms with E-state index in [9.17, 15) is 4.39 Å². The fraction of sp³-hybridized carbons (Fsp3) is 0.316. The lowest BCUT2D eigenvalue weighted by Gasteiger charge is -2.36. The second-order valence-corrected chi connectivity index (χ2v) is 6.39. The van der Waals surface area contributed by atoms with Crippen molar-refractivity contribution in [2.75, 3.05) is 11.4 Å². The molecule has 1 aromatic carbocycles. The minimum absolute atomic E-state index is 0. The number of H-pyrrole nitrogens is 1. The number of nitrogens with zero attached hydrogens (tertiary/aromatic N) is 2. The molecule has 0 amide bonds. The molecule has 0 bridgehead atoms. The fourth-order valence-corrected chi connectivity index (χ4v) is 3.68. The average Bonchev–Trinajstić information content (AvgIpc) is 2.83. The number of nitrogens with one attached hydrogen (secondary N) is 1. The Balaban J connectivity index is 0.00000169. The molecular formula is C19H21ClFN3. The van der Waals surface area contributed by atoms with Crippen LogP contribution < -0.4 is 4.90 Å². The molecule has 1 unspecified atom stereocenters. The first kappa shape index (κ1) is 16.8. The van der Waals surface area contributed by atoms with Gasteiger partial charge in [0, 0.05) is 23.8 Å². The Kier molecular flexibility index (Phi) is 4.26. The summed E-state index contributed by atoms with van der Waals surface area (Å²) in [5.41, 5.74) is 5.85. The average molecular weight is 346 g/mol. The third-order valence-corrected chi connectivity index (χ3v) is 5.13. The molecule has 126 valence electrons. The predicted octanol–water partition coefficient (Wildman–Crippen LogP) is 4.86. The normalized spacial score (nSPS) is 16.8. The molecule has 0 radical (unpaired) electrons. The van der Waals surface area contributed by atoms with E-state index in [-0.39, 0.29) is 24.3 Å². The van der Waals surface area contributed by atoms with Gasteiger partial charge in [-0.3, -0.25) is 0 Å². The molecule has 0 fully saturated rings. The first-order chi connectivity index (χ1) is 11.1. The van der Waals surface area contributed by atoms with Gasteiger partial charge in [0.25, 0.3) is 0 Å². The monoisotopic (exact) mass is 345 g/mol. The quantitative estimate of drug-likeness (QED) is 0.682. The second kappa shape index (κ2) is 6.10. The lowest BCUT2D eigenvalue weighted by atomic mass is 9.93. The van der Waals surface area contributed by atoms with Crippen LogP contribution in [0.1, 0.15) is 35.3 Å². The van der Waals surface area contributed by atoms with Crippen molar-refractivity contribution in [2.24, 2.45) is 0 Å². The van der Waals surface area contributed by atoms with Crippen molar-refractivity contribution in [3.8, 4) is 0 Å². The van der Waals surface area contributed by atoms with E-state index in [0.29, 0.717) is 0 Å². The molecule has 0 saturated carbocycles. The van der Waals surface area contributed by atoms with Crippen molar-refractivity contribution in [3.63, 3.8) is 0 Å². The summed E-state index contributed by atoms with van der Waals surface area (Å²) in [5, 5.41) is 1.23. The number of benzene rings is 1. The molecule has 0 spiro atoms. The zero-order chi connectivity index (χ0) is 16.1. The minimum atomic E-state index is -0.153. The van der Waals surface area contributed by atoms with Crippen LogP contribution in [0.25, 0.3) is 10.9 Å². The van der Waals surface area contributed by atoms with E-state index in [1.807, 2.05) is 12.3 Å². The van der Waals surface area contributed by atoms with Crippen molar-refractivity contribution >= 4 is 29.1 Å². The van der Waals surface area contributed by atoms with Crippen LogP contribution in [-0.2, 0) is 6.42 Å². The van der Waals surface area contributed by atoms with E-state index in [2.05, 4.69) is 41.7 Å². The predicted molar refractivity (Wildman–Crippen MR) is 98.7 cm³/mol. The van der Waals surface area contributed by atoms with Gasteiger partial charge < -0.3 is 9.88 Å². The molecule has 0 saturated heterocycles. The topological polar surface area (TPSA) is 31.9 Å². The highest BCUT2D eigenvalue weighted by atomic mass is 35.5. The summed E-state index contributed by atoms with van der Waals surface area (Å²) >= 11 is 0. The largest absolute Gasteiger partial charge is 0.355 e. The summed E-state index contributed by atoms with van der Waals surface area (Å²) in [4.78, 5) is 10.4. The number of pyridine rings is 1. The van der Waals surface area contributed by atoms with Gasteiger partial charge in [0.05, 0.1) is 11.6 Å². The highest BCUT2D eigenvalue weighted by molar-refractivity contribution is 5.92. The third-order valence-electron chi connectivity index (χ3n) is 5.13. The molecular weight excluding hydrogens is 325 g/mol. The summed E-state index contributed by atoms with van der Waals surface area (Å²) in [7, 11) is 0. The third kappa shape index (κ3) is 2.46. The van der Waals surface area contributed by atoms with Crippen LogP contribution in [0.4, 0.5) is 10.2 Å². The highest BCUT2D eigenvalue weighted by Gasteiger charge is 2.27. The summed E-state index contributed by atoms with van der Waals surface area (Å²) in [6.45, 7) is 7.24. The molecule has 3 heterocycles. The van der Waals surface area contributed by atoms with Crippen molar-refractivity contribution in [2.45, 2.75) is 33.2 Å². The lowest BCUT2D eigenvalue weighted by Crippen LogP contribution is -2.34. The maximum Gasteiger partial charge on any atom is 0.153 e. The maximum atomic E-state index is 13.5. The van der Waals surface area contributed by atoms with Gasteiger partial charge in [-0.15, -0.1) is 12.4 Å². The van der Waals surface area contributed by atoms with Gasteiger partial charge in [-0.1, -0.05) is 6.07 Å². The zero-order valence-electron chi connectivity index (χ0n) is 14.1. The van der Waals surface area contributed by atoms with E-state index in [1.165, 1.54) is 22.2 Å². The fourth-order valence-electron chi connectivity index (χ4n) is 3.68. The van der Waals surface area contributed by atoms with Crippen LogP contribution in [-0.4, -0.2) is 16.5 Å². The van der Waals surface area contributed by atoms with Crippen LogP contribution in [0.3, 0.4) is 0 Å². The summed E-state index contributed by atoms with van der Waals surface area (Å²) < 4.78 is 13.5. The standard InChI is InChI=1S/C19H20FN3.ClH/c1-11-12(2)22-18-16(11)6-8-21-19(18)23-9-7-14-10-15(20)4-5-17(14)13(23)3;/h4-6,8,10,13,22H,7,9H2,1-3H3;1H. The number of hydrogen-bond donors (Lipinski definition) is 1. The summed E-state index contributed by atoms with van der Waals surface area (Å²) in [5.74, 6) is 0.835. The Hall–Kier alpha value is -2.07. The molecule has 0 aliphatic carbocycles. The van der Waals surface area contributed by atoms with E-state index in [4.69, 9.17) is 0 Å². The van der Waals surface area contributed by atoms with Gasteiger partial charge in [-0.2, -0.15) is 0 Å². The van der Waals surface area contributed by atoms with Crippen LogP contribution in [0, 0.1) is 19.7 Å².